The maximum atomic E-state index is 11.6. The number of thioether (sulfide) groups is 1. The maximum Gasteiger partial charge on any atom is 0.243 e. The lowest BCUT2D eigenvalue weighted by Crippen LogP contribution is -2.39. The first-order valence-electron chi connectivity index (χ1n) is 8.33. The molecule has 22 heavy (non-hydrogen) atoms. The summed E-state index contributed by atoms with van der Waals surface area (Å²) in [5.41, 5.74) is 0. The molecule has 0 aromatic rings. The van der Waals surface area contributed by atoms with Crippen LogP contribution < -0.4 is 10.6 Å². The summed E-state index contributed by atoms with van der Waals surface area (Å²) in [6.07, 6.45) is 9.38. The van der Waals surface area contributed by atoms with Gasteiger partial charge in [-0.3, -0.25) is 4.79 Å². The predicted molar refractivity (Wildman–Crippen MR) is 98.8 cm³/mol. The monoisotopic (exact) mass is 330 g/mol. The Morgan fingerprint density at radius 3 is 2.27 bits per heavy atom. The van der Waals surface area contributed by atoms with Crippen LogP contribution in [0.15, 0.2) is 4.99 Å². The van der Waals surface area contributed by atoms with E-state index in [2.05, 4.69) is 28.8 Å². The van der Waals surface area contributed by atoms with Crippen molar-refractivity contribution in [3.8, 4) is 0 Å². The molecule has 0 fully saturated rings. The highest BCUT2D eigenvalue weighted by Crippen LogP contribution is 2.03. The minimum Gasteiger partial charge on any atom is -0.356 e. The second kappa shape index (κ2) is 15.0. The molecule has 0 heterocycles. The Hall–Kier alpha value is -0.910. The van der Waals surface area contributed by atoms with Gasteiger partial charge >= 0.3 is 0 Å². The maximum absolute atomic E-state index is 11.6. The van der Waals surface area contributed by atoms with E-state index in [4.69, 9.17) is 0 Å². The van der Waals surface area contributed by atoms with Crippen LogP contribution in [0.2, 0.25) is 0 Å². The summed E-state index contributed by atoms with van der Waals surface area (Å²) in [5.74, 6) is 2.03. The third-order valence-corrected chi connectivity index (χ3v) is 3.96. The summed E-state index contributed by atoms with van der Waals surface area (Å²) in [7, 11) is 3.51. The Balaban J connectivity index is 4.01. The molecule has 0 rings (SSSR count). The molecular formula is C16H34N4OS. The third kappa shape index (κ3) is 12.8. The fourth-order valence-electron chi connectivity index (χ4n) is 1.78. The van der Waals surface area contributed by atoms with E-state index in [1.165, 1.54) is 25.0 Å². The highest BCUT2D eigenvalue weighted by Gasteiger charge is 2.04. The van der Waals surface area contributed by atoms with Gasteiger partial charge in [0.05, 0.1) is 0 Å². The van der Waals surface area contributed by atoms with Crippen molar-refractivity contribution in [1.82, 2.24) is 15.5 Å². The lowest BCUT2D eigenvalue weighted by molar-refractivity contribution is -0.127. The largest absolute Gasteiger partial charge is 0.356 e. The minimum atomic E-state index is 0.0219. The summed E-state index contributed by atoms with van der Waals surface area (Å²) in [4.78, 5) is 17.5. The molecule has 5 nitrogen and oxygen atoms in total. The van der Waals surface area contributed by atoms with E-state index in [0.29, 0.717) is 0 Å². The van der Waals surface area contributed by atoms with Gasteiger partial charge in [0, 0.05) is 27.2 Å². The molecule has 0 aliphatic rings. The molecule has 0 aromatic carbocycles. The van der Waals surface area contributed by atoms with Crippen LogP contribution in [0.25, 0.3) is 0 Å². The van der Waals surface area contributed by atoms with Crippen molar-refractivity contribution >= 4 is 23.6 Å². The molecule has 6 heteroatoms. The number of guanidine groups is 1. The number of hydrogen-bond donors (Lipinski definition) is 2. The number of hydrogen-bond acceptors (Lipinski definition) is 3. The number of carbonyl (C=O) groups is 1. The van der Waals surface area contributed by atoms with E-state index < -0.39 is 0 Å². The quantitative estimate of drug-likeness (QED) is 0.328. The van der Waals surface area contributed by atoms with Crippen LogP contribution >= 0.6 is 11.8 Å². The Morgan fingerprint density at radius 2 is 1.68 bits per heavy atom. The summed E-state index contributed by atoms with van der Waals surface area (Å²) in [6.45, 7) is 4.16. The molecule has 0 bridgehead atoms. The zero-order valence-electron chi connectivity index (χ0n) is 14.8. The molecular weight excluding hydrogens is 296 g/mol. The van der Waals surface area contributed by atoms with Crippen molar-refractivity contribution in [2.75, 3.05) is 45.7 Å². The Labute approximate surface area is 140 Å². The topological polar surface area (TPSA) is 56.7 Å². The highest BCUT2D eigenvalue weighted by atomic mass is 32.2. The first-order valence-corrected chi connectivity index (χ1v) is 9.72. The van der Waals surface area contributed by atoms with Crippen LogP contribution in [-0.2, 0) is 4.79 Å². The normalized spacial score (nSPS) is 11.4. The standard InChI is InChI=1S/C16H34N4OS/c1-5-6-11-17-16(19-14-15(21)20(2)3)18-12-9-7-8-10-13-22-4/h5-14H2,1-4H3,(H2,17,18,19). The molecule has 0 atom stereocenters. The number of rotatable bonds is 12. The molecule has 0 saturated carbocycles. The zero-order valence-corrected chi connectivity index (χ0v) is 15.6. The van der Waals surface area contributed by atoms with Gasteiger partial charge in [0.2, 0.25) is 5.91 Å². The molecule has 0 unspecified atom stereocenters. The molecule has 0 aliphatic carbocycles. The van der Waals surface area contributed by atoms with Gasteiger partial charge in [-0.25, -0.2) is 4.99 Å². The van der Waals surface area contributed by atoms with Crippen molar-refractivity contribution in [1.29, 1.82) is 0 Å². The van der Waals surface area contributed by atoms with Crippen molar-refractivity contribution in [3.05, 3.63) is 0 Å². The highest BCUT2D eigenvalue weighted by molar-refractivity contribution is 7.98. The molecule has 1 amide bonds. The molecule has 0 aromatic heterocycles. The van der Waals surface area contributed by atoms with Crippen molar-refractivity contribution < 1.29 is 4.79 Å². The number of aliphatic imine (C=N–C) groups is 1. The number of carbonyl (C=O) groups excluding carboxylic acids is 1. The van der Waals surface area contributed by atoms with Crippen LogP contribution in [0.5, 0.6) is 0 Å². The van der Waals surface area contributed by atoms with E-state index in [9.17, 15) is 4.79 Å². The molecule has 130 valence electrons. The van der Waals surface area contributed by atoms with Crippen molar-refractivity contribution in [2.45, 2.75) is 45.4 Å². The van der Waals surface area contributed by atoms with E-state index in [-0.39, 0.29) is 12.5 Å². The zero-order chi connectivity index (χ0) is 16.6. The minimum absolute atomic E-state index is 0.0219. The molecule has 2 N–H and O–H groups in total. The average molecular weight is 331 g/mol. The van der Waals surface area contributed by atoms with Gasteiger partial charge in [0.25, 0.3) is 0 Å². The smallest absolute Gasteiger partial charge is 0.243 e. The van der Waals surface area contributed by atoms with Crippen molar-refractivity contribution in [2.24, 2.45) is 4.99 Å². The van der Waals surface area contributed by atoms with E-state index in [0.717, 1.165) is 38.3 Å². The number of amides is 1. The van der Waals surface area contributed by atoms with E-state index in [1.54, 1.807) is 19.0 Å². The summed E-state index contributed by atoms with van der Waals surface area (Å²) in [5, 5.41) is 6.62. The van der Waals surface area contributed by atoms with Gasteiger partial charge in [0.1, 0.15) is 6.54 Å². The lowest BCUT2D eigenvalue weighted by Gasteiger charge is -2.13. The van der Waals surface area contributed by atoms with Crippen LogP contribution in [0.3, 0.4) is 0 Å². The van der Waals surface area contributed by atoms with Gasteiger partial charge in [0.15, 0.2) is 5.96 Å². The Bertz CT molecular complexity index is 309. The number of unbranched alkanes of at least 4 members (excludes halogenated alkanes) is 4. The van der Waals surface area contributed by atoms with Gasteiger partial charge in [-0.05, 0) is 31.3 Å². The molecule has 0 saturated heterocycles. The number of nitrogens with one attached hydrogen (secondary N) is 2. The average Bonchev–Trinajstić information content (AvgIpc) is 2.50. The molecule has 0 radical (unpaired) electrons. The fraction of sp³-hybridized carbons (Fsp3) is 0.875. The van der Waals surface area contributed by atoms with Crippen LogP contribution in [-0.4, -0.2) is 62.5 Å². The fourth-order valence-corrected chi connectivity index (χ4v) is 2.27. The van der Waals surface area contributed by atoms with E-state index in [1.807, 2.05) is 11.8 Å². The predicted octanol–water partition coefficient (Wildman–Crippen LogP) is 2.33. The van der Waals surface area contributed by atoms with Crippen LogP contribution in [0.1, 0.15) is 45.4 Å². The van der Waals surface area contributed by atoms with E-state index >= 15 is 0 Å². The second-order valence-electron chi connectivity index (χ2n) is 5.57. The Morgan fingerprint density at radius 1 is 1.05 bits per heavy atom. The van der Waals surface area contributed by atoms with Gasteiger partial charge in [-0.2, -0.15) is 11.8 Å². The molecule has 0 spiro atoms. The SMILES string of the molecule is CCCCNC(=NCC(=O)N(C)C)NCCCCCCSC. The van der Waals surface area contributed by atoms with Gasteiger partial charge < -0.3 is 15.5 Å². The summed E-state index contributed by atoms with van der Waals surface area (Å²) >= 11 is 1.91. The second-order valence-corrected chi connectivity index (χ2v) is 6.55. The summed E-state index contributed by atoms with van der Waals surface area (Å²) in [6, 6.07) is 0. The van der Waals surface area contributed by atoms with Gasteiger partial charge in [-0.15, -0.1) is 0 Å². The van der Waals surface area contributed by atoms with Gasteiger partial charge in [-0.1, -0.05) is 26.2 Å². The molecule has 0 aliphatic heterocycles. The number of likely N-dealkylation sites (N-methyl/N-ethyl adjacent to an activating group) is 1. The van der Waals surface area contributed by atoms with Crippen LogP contribution in [0.4, 0.5) is 0 Å². The lowest BCUT2D eigenvalue weighted by atomic mass is 10.2. The van der Waals surface area contributed by atoms with Crippen LogP contribution in [0, 0.1) is 0 Å². The first-order chi connectivity index (χ1) is 10.6. The Kier molecular flexibility index (Phi) is 14.4. The van der Waals surface area contributed by atoms with Crippen molar-refractivity contribution in [3.63, 3.8) is 0 Å². The number of nitrogens with zero attached hydrogens (tertiary/aromatic N) is 2. The summed E-state index contributed by atoms with van der Waals surface area (Å²) < 4.78 is 0. The first kappa shape index (κ1) is 21.1. The third-order valence-electron chi connectivity index (χ3n) is 3.26.